The predicted octanol–water partition coefficient (Wildman–Crippen LogP) is 1.81. The fraction of sp³-hybridized carbons (Fsp3) is 0.417. The minimum absolute atomic E-state index is 0.504. The predicted molar refractivity (Wildman–Crippen MR) is 59.8 cm³/mol. The van der Waals surface area contributed by atoms with Gasteiger partial charge in [0, 0.05) is 6.54 Å². The number of hydrogen-bond donors (Lipinski definition) is 2. The Labute approximate surface area is 90.1 Å². The number of nitrogens with one attached hydrogen (secondary N) is 1. The van der Waals surface area contributed by atoms with Crippen LogP contribution < -0.4 is 5.32 Å². The molecule has 0 unspecified atom stereocenters. The molecule has 0 radical (unpaired) electrons. The van der Waals surface area contributed by atoms with Crippen LogP contribution in [0.4, 0.5) is 0 Å². The molecule has 0 bridgehead atoms. The van der Waals surface area contributed by atoms with Crippen molar-refractivity contribution in [1.82, 2.24) is 5.32 Å². The van der Waals surface area contributed by atoms with Crippen LogP contribution in [-0.2, 0) is 17.8 Å². The zero-order valence-electron chi connectivity index (χ0n) is 9.16. The lowest BCUT2D eigenvalue weighted by Crippen LogP contribution is -2.33. The Morgan fingerprint density at radius 2 is 1.87 bits per heavy atom. The van der Waals surface area contributed by atoms with Crippen molar-refractivity contribution >= 4 is 5.97 Å². The molecule has 2 N–H and O–H groups in total. The lowest BCUT2D eigenvalue weighted by Gasteiger charge is -2.09. The highest BCUT2D eigenvalue weighted by molar-refractivity contribution is 5.72. The van der Waals surface area contributed by atoms with E-state index in [9.17, 15) is 4.79 Å². The summed E-state index contributed by atoms with van der Waals surface area (Å²) in [5.41, 5.74) is 2.41. The van der Waals surface area contributed by atoms with Gasteiger partial charge < -0.3 is 10.4 Å². The van der Waals surface area contributed by atoms with Gasteiger partial charge in [0.1, 0.15) is 6.04 Å². The summed E-state index contributed by atoms with van der Waals surface area (Å²) in [5, 5.41) is 11.6. The van der Waals surface area contributed by atoms with Crippen LogP contribution in [0.15, 0.2) is 24.3 Å². The Morgan fingerprint density at radius 3 is 2.33 bits per heavy atom. The van der Waals surface area contributed by atoms with Gasteiger partial charge in [-0.3, -0.25) is 4.79 Å². The van der Waals surface area contributed by atoms with Gasteiger partial charge in [-0.25, -0.2) is 0 Å². The van der Waals surface area contributed by atoms with E-state index >= 15 is 0 Å². The van der Waals surface area contributed by atoms with Crippen molar-refractivity contribution in [3.05, 3.63) is 35.4 Å². The van der Waals surface area contributed by atoms with Crippen LogP contribution in [0, 0.1) is 0 Å². The Bertz CT molecular complexity index is 319. The Hall–Kier alpha value is -1.35. The SMILES string of the molecule is CCc1ccc(CN[C@H](C)C(=O)O)cc1. The highest BCUT2D eigenvalue weighted by Gasteiger charge is 2.08. The van der Waals surface area contributed by atoms with Gasteiger partial charge in [0.15, 0.2) is 0 Å². The Morgan fingerprint density at radius 1 is 1.33 bits per heavy atom. The van der Waals surface area contributed by atoms with Gasteiger partial charge in [-0.15, -0.1) is 0 Å². The third-order valence-electron chi connectivity index (χ3n) is 2.41. The molecule has 3 nitrogen and oxygen atoms in total. The van der Waals surface area contributed by atoms with E-state index in [2.05, 4.69) is 24.4 Å². The lowest BCUT2D eigenvalue weighted by molar-refractivity contribution is -0.139. The maximum Gasteiger partial charge on any atom is 0.320 e. The first-order chi connectivity index (χ1) is 7.13. The third kappa shape index (κ3) is 3.72. The highest BCUT2D eigenvalue weighted by Crippen LogP contribution is 2.04. The van der Waals surface area contributed by atoms with E-state index in [0.29, 0.717) is 6.54 Å². The largest absolute Gasteiger partial charge is 0.480 e. The summed E-state index contributed by atoms with van der Waals surface area (Å²) in [5.74, 6) is -0.819. The molecule has 0 spiro atoms. The van der Waals surface area contributed by atoms with Gasteiger partial charge in [-0.2, -0.15) is 0 Å². The molecule has 3 heteroatoms. The van der Waals surface area contributed by atoms with E-state index in [-0.39, 0.29) is 0 Å². The second kappa shape index (κ2) is 5.51. The van der Waals surface area contributed by atoms with Crippen molar-refractivity contribution in [3.8, 4) is 0 Å². The molecule has 0 fully saturated rings. The second-order valence-electron chi connectivity index (χ2n) is 3.61. The average molecular weight is 207 g/mol. The summed E-state index contributed by atoms with van der Waals surface area (Å²) >= 11 is 0. The first-order valence-corrected chi connectivity index (χ1v) is 5.17. The summed E-state index contributed by atoms with van der Waals surface area (Å²) in [6.45, 7) is 4.35. The molecule has 1 rings (SSSR count). The first kappa shape index (κ1) is 11.7. The molecule has 0 saturated carbocycles. The van der Waals surface area contributed by atoms with Crippen LogP contribution in [0.1, 0.15) is 25.0 Å². The van der Waals surface area contributed by atoms with Crippen molar-refractivity contribution in [3.63, 3.8) is 0 Å². The molecule has 15 heavy (non-hydrogen) atoms. The van der Waals surface area contributed by atoms with Crippen LogP contribution in [0.2, 0.25) is 0 Å². The van der Waals surface area contributed by atoms with Crippen LogP contribution in [0.3, 0.4) is 0 Å². The Balaban J connectivity index is 2.47. The van der Waals surface area contributed by atoms with Crippen LogP contribution in [0.25, 0.3) is 0 Å². The van der Waals surface area contributed by atoms with Gasteiger partial charge in [-0.1, -0.05) is 31.2 Å². The van der Waals surface area contributed by atoms with Crippen molar-refractivity contribution in [2.75, 3.05) is 0 Å². The zero-order chi connectivity index (χ0) is 11.3. The quantitative estimate of drug-likeness (QED) is 0.774. The standard InChI is InChI=1S/C12H17NO2/c1-3-10-4-6-11(7-5-10)8-13-9(2)12(14)15/h4-7,9,13H,3,8H2,1-2H3,(H,14,15)/t9-/m1/s1. The van der Waals surface area contributed by atoms with E-state index in [4.69, 9.17) is 5.11 Å². The molecule has 0 aliphatic rings. The molecule has 82 valence electrons. The zero-order valence-corrected chi connectivity index (χ0v) is 9.16. The smallest absolute Gasteiger partial charge is 0.320 e. The van der Waals surface area contributed by atoms with Gasteiger partial charge >= 0.3 is 5.97 Å². The van der Waals surface area contributed by atoms with E-state index in [1.54, 1.807) is 6.92 Å². The summed E-state index contributed by atoms with van der Waals surface area (Å²) in [7, 11) is 0. The van der Waals surface area contributed by atoms with Crippen molar-refractivity contribution < 1.29 is 9.90 Å². The van der Waals surface area contributed by atoms with Crippen molar-refractivity contribution in [2.45, 2.75) is 32.9 Å². The number of carbonyl (C=O) groups is 1. The lowest BCUT2D eigenvalue weighted by atomic mass is 10.1. The van der Waals surface area contributed by atoms with Gasteiger partial charge in [0.25, 0.3) is 0 Å². The minimum atomic E-state index is -0.819. The second-order valence-corrected chi connectivity index (χ2v) is 3.61. The molecule has 0 amide bonds. The summed E-state index contributed by atoms with van der Waals surface area (Å²) in [6.07, 6.45) is 1.03. The molecular formula is C12H17NO2. The normalized spacial score (nSPS) is 12.4. The fourth-order valence-electron chi connectivity index (χ4n) is 1.25. The van der Waals surface area contributed by atoms with E-state index in [0.717, 1.165) is 12.0 Å². The number of carboxylic acids is 1. The molecule has 0 aliphatic carbocycles. The number of aryl methyl sites for hydroxylation is 1. The first-order valence-electron chi connectivity index (χ1n) is 5.17. The molecule has 1 aromatic rings. The van der Waals surface area contributed by atoms with Gasteiger partial charge in [-0.05, 0) is 24.5 Å². The Kier molecular flexibility index (Phi) is 4.31. The van der Waals surface area contributed by atoms with E-state index in [1.165, 1.54) is 5.56 Å². The number of benzene rings is 1. The maximum atomic E-state index is 10.6. The molecule has 1 atom stereocenters. The number of rotatable bonds is 5. The monoisotopic (exact) mass is 207 g/mol. The van der Waals surface area contributed by atoms with Crippen molar-refractivity contribution in [1.29, 1.82) is 0 Å². The van der Waals surface area contributed by atoms with Crippen LogP contribution >= 0.6 is 0 Å². The maximum absolute atomic E-state index is 10.6. The molecule has 0 heterocycles. The summed E-state index contributed by atoms with van der Waals surface area (Å²) in [4.78, 5) is 10.6. The average Bonchev–Trinajstić information content (AvgIpc) is 2.26. The van der Waals surface area contributed by atoms with Gasteiger partial charge in [0.2, 0.25) is 0 Å². The van der Waals surface area contributed by atoms with E-state index in [1.807, 2.05) is 12.1 Å². The number of hydrogen-bond acceptors (Lipinski definition) is 2. The van der Waals surface area contributed by atoms with Crippen LogP contribution in [0.5, 0.6) is 0 Å². The number of carboxylic acid groups (broad SMARTS) is 1. The fourth-order valence-corrected chi connectivity index (χ4v) is 1.25. The molecule has 1 aromatic carbocycles. The molecule has 0 aromatic heterocycles. The number of aliphatic carboxylic acids is 1. The molecular weight excluding hydrogens is 190 g/mol. The van der Waals surface area contributed by atoms with Crippen LogP contribution in [-0.4, -0.2) is 17.1 Å². The molecule has 0 aliphatic heterocycles. The topological polar surface area (TPSA) is 49.3 Å². The third-order valence-corrected chi connectivity index (χ3v) is 2.41. The summed E-state index contributed by atoms with van der Waals surface area (Å²) in [6, 6.07) is 7.70. The van der Waals surface area contributed by atoms with Gasteiger partial charge in [0.05, 0.1) is 0 Å². The summed E-state index contributed by atoms with van der Waals surface area (Å²) < 4.78 is 0. The van der Waals surface area contributed by atoms with E-state index < -0.39 is 12.0 Å². The molecule has 0 saturated heterocycles. The highest BCUT2D eigenvalue weighted by atomic mass is 16.4. The van der Waals surface area contributed by atoms with Crippen molar-refractivity contribution in [2.24, 2.45) is 0 Å². The minimum Gasteiger partial charge on any atom is -0.480 e.